The highest BCUT2D eigenvalue weighted by Crippen LogP contribution is 2.45. The summed E-state index contributed by atoms with van der Waals surface area (Å²) < 4.78 is 32.1. The number of likely N-dealkylation sites (tertiary alicyclic amines) is 1. The number of halogens is 2. The zero-order chi connectivity index (χ0) is 16.8. The molecule has 1 saturated carbocycles. The highest BCUT2D eigenvalue weighted by molar-refractivity contribution is 5.69. The lowest BCUT2D eigenvalue weighted by Crippen LogP contribution is -2.39. The summed E-state index contributed by atoms with van der Waals surface area (Å²) in [5.74, 6) is -0.865. The lowest BCUT2D eigenvalue weighted by molar-refractivity contribution is 0.0269. The first-order valence-corrected chi connectivity index (χ1v) is 7.90. The normalized spacial score (nSPS) is 26.1. The van der Waals surface area contributed by atoms with Gasteiger partial charge in [-0.05, 0) is 38.7 Å². The van der Waals surface area contributed by atoms with Crippen molar-refractivity contribution in [2.75, 3.05) is 13.1 Å². The minimum atomic E-state index is -0.823. The predicted octanol–water partition coefficient (Wildman–Crippen LogP) is 2.92. The molecule has 2 fully saturated rings. The van der Waals surface area contributed by atoms with Crippen molar-refractivity contribution >= 4 is 6.09 Å². The standard InChI is InChI=1S/C17H22F2N2O2/c1-17(2,3)23-16(22)21-8-11-12(9-21)15(11)20-7-10-5-4-6-13(18)14(10)19/h4-6,11-12,15,20H,7-9H2,1-3H3. The Morgan fingerprint density at radius 2 is 1.96 bits per heavy atom. The number of nitrogens with zero attached hydrogens (tertiary/aromatic N) is 1. The second-order valence-electron chi connectivity index (χ2n) is 7.33. The zero-order valence-electron chi connectivity index (χ0n) is 13.6. The van der Waals surface area contributed by atoms with Gasteiger partial charge in [-0.1, -0.05) is 12.1 Å². The van der Waals surface area contributed by atoms with E-state index in [1.165, 1.54) is 6.07 Å². The number of carbonyl (C=O) groups is 1. The molecule has 1 N–H and O–H groups in total. The van der Waals surface area contributed by atoms with Crippen LogP contribution in [0.3, 0.4) is 0 Å². The van der Waals surface area contributed by atoms with Gasteiger partial charge in [-0.15, -0.1) is 0 Å². The number of ether oxygens (including phenoxy) is 1. The molecule has 0 aromatic heterocycles. The molecule has 1 amide bonds. The maximum atomic E-state index is 13.6. The van der Waals surface area contributed by atoms with Gasteiger partial charge in [0, 0.05) is 31.2 Å². The van der Waals surface area contributed by atoms with E-state index in [2.05, 4.69) is 5.32 Å². The fraction of sp³-hybridized carbons (Fsp3) is 0.588. The summed E-state index contributed by atoms with van der Waals surface area (Å²) in [4.78, 5) is 13.7. The third-order valence-electron chi connectivity index (χ3n) is 4.41. The number of hydrogen-bond donors (Lipinski definition) is 1. The summed E-state index contributed by atoms with van der Waals surface area (Å²) in [7, 11) is 0. The summed E-state index contributed by atoms with van der Waals surface area (Å²) in [6.07, 6.45) is -0.278. The van der Waals surface area contributed by atoms with Gasteiger partial charge in [-0.3, -0.25) is 0 Å². The molecule has 2 atom stereocenters. The number of carbonyl (C=O) groups excluding carboxylic acids is 1. The second kappa shape index (κ2) is 5.74. The van der Waals surface area contributed by atoms with Crippen molar-refractivity contribution in [3.8, 4) is 0 Å². The Morgan fingerprint density at radius 3 is 2.57 bits per heavy atom. The topological polar surface area (TPSA) is 41.6 Å². The molecule has 0 bridgehead atoms. The molecule has 2 unspecified atom stereocenters. The molecule has 0 spiro atoms. The summed E-state index contributed by atoms with van der Waals surface area (Å²) in [6.45, 7) is 7.15. The Hall–Kier alpha value is -1.69. The van der Waals surface area contributed by atoms with E-state index in [9.17, 15) is 13.6 Å². The Balaban J connectivity index is 1.47. The first-order valence-electron chi connectivity index (χ1n) is 7.90. The van der Waals surface area contributed by atoms with Gasteiger partial charge in [-0.2, -0.15) is 0 Å². The number of hydrogen-bond acceptors (Lipinski definition) is 3. The summed E-state index contributed by atoms with van der Waals surface area (Å²) in [5.41, 5.74) is -0.157. The van der Waals surface area contributed by atoms with Crippen molar-refractivity contribution < 1.29 is 18.3 Å². The number of rotatable bonds is 3. The first kappa shape index (κ1) is 16.2. The van der Waals surface area contributed by atoms with Crippen LogP contribution in [0.15, 0.2) is 18.2 Å². The van der Waals surface area contributed by atoms with Crippen molar-refractivity contribution in [1.82, 2.24) is 10.2 Å². The van der Waals surface area contributed by atoms with E-state index in [1.807, 2.05) is 20.8 Å². The average molecular weight is 324 g/mol. The number of nitrogens with one attached hydrogen (secondary N) is 1. The molecule has 23 heavy (non-hydrogen) atoms. The zero-order valence-corrected chi connectivity index (χ0v) is 13.6. The minimum Gasteiger partial charge on any atom is -0.444 e. The van der Waals surface area contributed by atoms with Gasteiger partial charge < -0.3 is 15.0 Å². The molecule has 2 aliphatic rings. The summed E-state index contributed by atoms with van der Waals surface area (Å²) in [6, 6.07) is 4.46. The van der Waals surface area contributed by atoms with Crippen LogP contribution in [0.25, 0.3) is 0 Å². The molecule has 1 aromatic carbocycles. The molecule has 3 rings (SSSR count). The Labute approximate surface area is 134 Å². The van der Waals surface area contributed by atoms with Gasteiger partial charge in [0.1, 0.15) is 5.60 Å². The van der Waals surface area contributed by atoms with E-state index in [4.69, 9.17) is 4.74 Å². The van der Waals surface area contributed by atoms with Gasteiger partial charge in [0.15, 0.2) is 11.6 Å². The monoisotopic (exact) mass is 324 g/mol. The first-order chi connectivity index (χ1) is 10.8. The van der Waals surface area contributed by atoms with Crippen LogP contribution in [0.2, 0.25) is 0 Å². The summed E-state index contributed by atoms with van der Waals surface area (Å²) >= 11 is 0. The summed E-state index contributed by atoms with van der Waals surface area (Å²) in [5, 5.41) is 3.27. The van der Waals surface area contributed by atoms with Crippen LogP contribution >= 0.6 is 0 Å². The maximum Gasteiger partial charge on any atom is 0.410 e. The van der Waals surface area contributed by atoms with Gasteiger partial charge in [0.05, 0.1) is 0 Å². The van der Waals surface area contributed by atoms with E-state index in [1.54, 1.807) is 11.0 Å². The highest BCUT2D eigenvalue weighted by Gasteiger charge is 2.56. The molecule has 1 aliphatic heterocycles. The van der Waals surface area contributed by atoms with Gasteiger partial charge >= 0.3 is 6.09 Å². The Kier molecular flexibility index (Phi) is 4.04. The van der Waals surface area contributed by atoms with Crippen molar-refractivity contribution in [2.45, 2.75) is 39.0 Å². The number of amides is 1. The van der Waals surface area contributed by atoms with Crippen LogP contribution in [-0.4, -0.2) is 35.7 Å². The smallest absolute Gasteiger partial charge is 0.410 e. The Bertz CT molecular complexity index is 603. The SMILES string of the molecule is CC(C)(C)OC(=O)N1CC2C(C1)C2NCc1cccc(F)c1F. The largest absolute Gasteiger partial charge is 0.444 e. The lowest BCUT2D eigenvalue weighted by atomic mass is 10.2. The Morgan fingerprint density at radius 1 is 1.30 bits per heavy atom. The van der Waals surface area contributed by atoms with Crippen molar-refractivity contribution in [3.63, 3.8) is 0 Å². The van der Waals surface area contributed by atoms with E-state index in [0.717, 1.165) is 6.07 Å². The predicted molar refractivity (Wildman–Crippen MR) is 81.8 cm³/mol. The molecule has 6 heteroatoms. The molecule has 4 nitrogen and oxygen atoms in total. The van der Waals surface area contributed by atoms with Crippen LogP contribution in [0, 0.1) is 23.5 Å². The fourth-order valence-corrected chi connectivity index (χ4v) is 3.22. The third-order valence-corrected chi connectivity index (χ3v) is 4.41. The molecule has 1 heterocycles. The van der Waals surface area contributed by atoms with Crippen molar-refractivity contribution in [2.24, 2.45) is 11.8 Å². The second-order valence-corrected chi connectivity index (χ2v) is 7.33. The van der Waals surface area contributed by atoms with E-state index >= 15 is 0 Å². The molecule has 126 valence electrons. The fourth-order valence-electron chi connectivity index (χ4n) is 3.22. The van der Waals surface area contributed by atoms with E-state index in [-0.39, 0.29) is 12.1 Å². The van der Waals surface area contributed by atoms with Gasteiger partial charge in [-0.25, -0.2) is 13.6 Å². The van der Waals surface area contributed by atoms with Gasteiger partial charge in [0.25, 0.3) is 0 Å². The lowest BCUT2D eigenvalue weighted by Gasteiger charge is -2.26. The van der Waals surface area contributed by atoms with Crippen LogP contribution in [0.4, 0.5) is 13.6 Å². The van der Waals surface area contributed by atoms with E-state index in [0.29, 0.717) is 37.0 Å². The number of piperidine rings is 1. The molecule has 1 saturated heterocycles. The molecule has 1 aromatic rings. The molecular formula is C17H22F2N2O2. The van der Waals surface area contributed by atoms with Crippen LogP contribution in [0.5, 0.6) is 0 Å². The van der Waals surface area contributed by atoms with Crippen molar-refractivity contribution in [3.05, 3.63) is 35.4 Å². The molecule has 1 aliphatic carbocycles. The number of fused-ring (bicyclic) bond motifs is 1. The van der Waals surface area contributed by atoms with Crippen LogP contribution in [0.1, 0.15) is 26.3 Å². The van der Waals surface area contributed by atoms with E-state index < -0.39 is 17.2 Å². The average Bonchev–Trinajstić information content (AvgIpc) is 2.90. The van der Waals surface area contributed by atoms with Crippen LogP contribution < -0.4 is 5.32 Å². The number of benzene rings is 1. The molecular weight excluding hydrogens is 302 g/mol. The quantitative estimate of drug-likeness (QED) is 0.929. The minimum absolute atomic E-state index is 0.261. The third kappa shape index (κ3) is 3.47. The molecule has 0 radical (unpaired) electrons. The van der Waals surface area contributed by atoms with Crippen LogP contribution in [-0.2, 0) is 11.3 Å². The maximum absolute atomic E-state index is 13.6. The highest BCUT2D eigenvalue weighted by atomic mass is 19.2. The van der Waals surface area contributed by atoms with Crippen molar-refractivity contribution in [1.29, 1.82) is 0 Å². The van der Waals surface area contributed by atoms with Gasteiger partial charge in [0.2, 0.25) is 0 Å².